The fourth-order valence-corrected chi connectivity index (χ4v) is 3.45. The molecule has 186 valence electrons. The number of aromatic amines is 1. The van der Waals surface area contributed by atoms with Gasteiger partial charge in [-0.15, -0.1) is 0 Å². The van der Waals surface area contributed by atoms with Crippen LogP contribution in [-0.4, -0.2) is 59.8 Å². The second-order valence-corrected chi connectivity index (χ2v) is 8.27. The third-order valence-corrected chi connectivity index (χ3v) is 5.26. The summed E-state index contributed by atoms with van der Waals surface area (Å²) in [5.41, 5.74) is 13.9. The predicted octanol–water partition coefficient (Wildman–Crippen LogP) is 2.62. The summed E-state index contributed by atoms with van der Waals surface area (Å²) in [6.07, 6.45) is 0.390. The molecule has 6 N–H and O–H groups in total. The van der Waals surface area contributed by atoms with Crippen LogP contribution >= 0.6 is 0 Å². The number of aliphatic carboxylic acids is 1. The Hall–Kier alpha value is -4.05. The number of carboxylic acid groups (broad SMARTS) is 1. The van der Waals surface area contributed by atoms with Crippen LogP contribution in [0.25, 0.3) is 22.5 Å². The van der Waals surface area contributed by atoms with E-state index in [2.05, 4.69) is 9.97 Å². The van der Waals surface area contributed by atoms with E-state index in [-0.39, 0.29) is 23.8 Å². The van der Waals surface area contributed by atoms with Crippen LogP contribution in [0.1, 0.15) is 18.9 Å². The summed E-state index contributed by atoms with van der Waals surface area (Å²) in [5, 5.41) is 9.12. The van der Waals surface area contributed by atoms with E-state index in [9.17, 15) is 9.59 Å². The normalized spacial score (nSPS) is 11.0. The third kappa shape index (κ3) is 6.73. The number of carboxylic acids is 1. The number of nitrogens with zero attached hydrogens (tertiary/aromatic N) is 2. The standard InChI is InChI=1S/C25H31N5O5/c1-4-34-20-14-16(6-7-19(20)24-28-23(27)22(26)25(33)29-24)17-11-15(5-8-21(31)32)12-18(13-17)35-10-9-30(2)3/h6-7,11-14H,4-5,8-10,26H2,1-3H3,(H,31,32)(H3,27,28,29,33). The van der Waals surface area contributed by atoms with Gasteiger partial charge in [-0.1, -0.05) is 12.1 Å². The van der Waals surface area contributed by atoms with E-state index >= 15 is 0 Å². The fraction of sp³-hybridized carbons (Fsp3) is 0.320. The molecule has 0 amide bonds. The zero-order valence-electron chi connectivity index (χ0n) is 20.1. The van der Waals surface area contributed by atoms with E-state index in [1.165, 1.54) is 0 Å². The molecule has 0 fully saturated rings. The van der Waals surface area contributed by atoms with Gasteiger partial charge >= 0.3 is 5.97 Å². The molecule has 1 heterocycles. The van der Waals surface area contributed by atoms with E-state index in [4.69, 9.17) is 26.0 Å². The van der Waals surface area contributed by atoms with Gasteiger partial charge in [0.2, 0.25) is 0 Å². The lowest BCUT2D eigenvalue weighted by atomic mass is 9.98. The molecule has 10 heteroatoms. The number of rotatable bonds is 11. The van der Waals surface area contributed by atoms with Crippen LogP contribution in [0.4, 0.5) is 11.5 Å². The number of benzene rings is 2. The lowest BCUT2D eigenvalue weighted by molar-refractivity contribution is -0.136. The van der Waals surface area contributed by atoms with Crippen molar-refractivity contribution >= 4 is 17.5 Å². The minimum atomic E-state index is -0.863. The minimum Gasteiger partial charge on any atom is -0.493 e. The van der Waals surface area contributed by atoms with Crippen molar-refractivity contribution in [1.82, 2.24) is 14.9 Å². The molecule has 3 rings (SSSR count). The van der Waals surface area contributed by atoms with E-state index in [1.54, 1.807) is 6.07 Å². The Morgan fingerprint density at radius 1 is 1.11 bits per heavy atom. The molecule has 0 aliphatic carbocycles. The first kappa shape index (κ1) is 25.6. The molecule has 35 heavy (non-hydrogen) atoms. The molecule has 0 bridgehead atoms. The molecule has 0 unspecified atom stereocenters. The molecule has 1 aromatic heterocycles. The average Bonchev–Trinajstić information content (AvgIpc) is 2.81. The summed E-state index contributed by atoms with van der Waals surface area (Å²) in [6, 6.07) is 11.2. The number of carbonyl (C=O) groups is 1. The van der Waals surface area contributed by atoms with Crippen LogP contribution in [0.15, 0.2) is 41.2 Å². The topological polar surface area (TPSA) is 157 Å². The third-order valence-electron chi connectivity index (χ3n) is 5.26. The number of H-pyrrole nitrogens is 1. The van der Waals surface area contributed by atoms with E-state index < -0.39 is 11.5 Å². The number of nitrogens with one attached hydrogen (secondary N) is 1. The summed E-state index contributed by atoms with van der Waals surface area (Å²) >= 11 is 0. The van der Waals surface area contributed by atoms with Crippen LogP contribution in [0, 0.1) is 0 Å². The highest BCUT2D eigenvalue weighted by Crippen LogP contribution is 2.35. The van der Waals surface area contributed by atoms with Crippen molar-refractivity contribution in [3.63, 3.8) is 0 Å². The second kappa shape index (κ2) is 11.4. The molecule has 0 radical (unpaired) electrons. The summed E-state index contributed by atoms with van der Waals surface area (Å²) in [7, 11) is 3.93. The maximum absolute atomic E-state index is 12.1. The fourth-order valence-electron chi connectivity index (χ4n) is 3.45. The van der Waals surface area contributed by atoms with Gasteiger partial charge in [-0.25, -0.2) is 4.98 Å². The van der Waals surface area contributed by atoms with Crippen LogP contribution in [-0.2, 0) is 11.2 Å². The molecular formula is C25H31N5O5. The first-order chi connectivity index (χ1) is 16.7. The molecule has 0 atom stereocenters. The molecule has 0 saturated heterocycles. The molecule has 0 saturated carbocycles. The van der Waals surface area contributed by atoms with Crippen molar-refractivity contribution in [2.45, 2.75) is 19.8 Å². The smallest absolute Gasteiger partial charge is 0.303 e. The number of ether oxygens (including phenoxy) is 2. The van der Waals surface area contributed by atoms with Crippen molar-refractivity contribution in [3.05, 3.63) is 52.3 Å². The van der Waals surface area contributed by atoms with E-state index in [1.807, 2.05) is 56.3 Å². The number of nitrogens with two attached hydrogens (primary N) is 2. The highest BCUT2D eigenvalue weighted by atomic mass is 16.5. The SMILES string of the molecule is CCOc1cc(-c2cc(CCC(=O)O)cc(OCCN(C)C)c2)ccc1-c1nc(N)c(N)c(=O)[nH]1. The average molecular weight is 482 g/mol. The zero-order chi connectivity index (χ0) is 25.5. The van der Waals surface area contributed by atoms with Gasteiger partial charge in [0, 0.05) is 13.0 Å². The highest BCUT2D eigenvalue weighted by molar-refractivity contribution is 5.75. The van der Waals surface area contributed by atoms with Crippen molar-refractivity contribution in [3.8, 4) is 34.0 Å². The van der Waals surface area contributed by atoms with Crippen molar-refractivity contribution in [2.75, 3.05) is 45.3 Å². The van der Waals surface area contributed by atoms with Gasteiger partial charge in [0.05, 0.1) is 12.2 Å². The Kier molecular flexibility index (Phi) is 8.32. The van der Waals surface area contributed by atoms with Gasteiger partial charge in [-0.2, -0.15) is 0 Å². The quantitative estimate of drug-likeness (QED) is 0.323. The zero-order valence-corrected chi connectivity index (χ0v) is 20.1. The van der Waals surface area contributed by atoms with Crippen molar-refractivity contribution in [2.24, 2.45) is 0 Å². The number of aromatic nitrogens is 2. The monoisotopic (exact) mass is 481 g/mol. The lowest BCUT2D eigenvalue weighted by Gasteiger charge is -2.15. The number of anilines is 2. The van der Waals surface area contributed by atoms with Gasteiger partial charge in [0.1, 0.15) is 29.6 Å². The maximum atomic E-state index is 12.1. The Labute approximate surface area is 203 Å². The Balaban J connectivity index is 2.03. The van der Waals surface area contributed by atoms with Crippen molar-refractivity contribution in [1.29, 1.82) is 0 Å². The molecule has 3 aromatic rings. The molecular weight excluding hydrogens is 450 g/mol. The summed E-state index contributed by atoms with van der Waals surface area (Å²) < 4.78 is 11.8. The molecule has 2 aromatic carbocycles. The lowest BCUT2D eigenvalue weighted by Crippen LogP contribution is -2.19. The van der Waals surface area contributed by atoms with E-state index in [0.29, 0.717) is 36.7 Å². The predicted molar refractivity (Wildman–Crippen MR) is 136 cm³/mol. The van der Waals surface area contributed by atoms with Crippen LogP contribution < -0.4 is 26.5 Å². The molecule has 0 aliphatic rings. The number of likely N-dealkylation sites (N-methyl/N-ethyl adjacent to an activating group) is 1. The van der Waals surface area contributed by atoms with Gasteiger partial charge in [-0.3, -0.25) is 9.59 Å². The first-order valence-electron chi connectivity index (χ1n) is 11.2. The second-order valence-electron chi connectivity index (χ2n) is 8.27. The molecule has 0 spiro atoms. The summed E-state index contributed by atoms with van der Waals surface area (Å²) in [5.74, 6) is 0.491. The number of hydrogen-bond acceptors (Lipinski definition) is 8. The highest BCUT2D eigenvalue weighted by Gasteiger charge is 2.15. The Bertz CT molecular complexity index is 1260. The van der Waals surface area contributed by atoms with Gasteiger partial charge in [0.15, 0.2) is 5.82 Å². The maximum Gasteiger partial charge on any atom is 0.303 e. The largest absolute Gasteiger partial charge is 0.493 e. The minimum absolute atomic E-state index is 0.0152. The van der Waals surface area contributed by atoms with Gasteiger partial charge < -0.3 is 35.9 Å². The summed E-state index contributed by atoms with van der Waals surface area (Å²) in [4.78, 5) is 32.1. The molecule has 10 nitrogen and oxygen atoms in total. The van der Waals surface area contributed by atoms with Crippen LogP contribution in [0.3, 0.4) is 0 Å². The Morgan fingerprint density at radius 2 is 1.89 bits per heavy atom. The van der Waals surface area contributed by atoms with Gasteiger partial charge in [-0.05, 0) is 68.4 Å². The van der Waals surface area contributed by atoms with Crippen LogP contribution in [0.2, 0.25) is 0 Å². The van der Waals surface area contributed by atoms with E-state index in [0.717, 1.165) is 23.2 Å². The number of aryl methyl sites for hydroxylation is 1. The summed E-state index contributed by atoms with van der Waals surface area (Å²) in [6.45, 7) is 3.49. The number of hydrogen-bond donors (Lipinski definition) is 4. The molecule has 0 aliphatic heterocycles. The van der Waals surface area contributed by atoms with Crippen LogP contribution in [0.5, 0.6) is 11.5 Å². The van der Waals surface area contributed by atoms with Crippen molar-refractivity contribution < 1.29 is 19.4 Å². The number of nitrogen functional groups attached to an aromatic ring is 2. The Morgan fingerprint density at radius 3 is 2.54 bits per heavy atom. The van der Waals surface area contributed by atoms with Gasteiger partial charge in [0.25, 0.3) is 5.56 Å². The first-order valence-corrected chi connectivity index (χ1v) is 11.2.